The second kappa shape index (κ2) is 27.0. The predicted molar refractivity (Wildman–Crippen MR) is 291 cm³/mol. The zero-order chi connectivity index (χ0) is 54.9. The van der Waals surface area contributed by atoms with E-state index in [1.54, 1.807) is 57.2 Å². The molecule has 2 aliphatic rings. The summed E-state index contributed by atoms with van der Waals surface area (Å²) in [4.78, 5) is 107. The molecule has 1 aliphatic heterocycles. The molecule has 5 amide bonds. The van der Waals surface area contributed by atoms with Crippen molar-refractivity contribution in [2.24, 2.45) is 10.7 Å². The van der Waals surface area contributed by atoms with E-state index in [-0.39, 0.29) is 57.4 Å². The molecule has 0 bridgehead atoms. The molecule has 0 radical (unpaired) electrons. The zero-order valence-electron chi connectivity index (χ0n) is 44.2. The average Bonchev–Trinajstić information content (AvgIpc) is 3.81. The highest BCUT2D eigenvalue weighted by molar-refractivity contribution is 5.97. The molecule has 5 aromatic rings. The van der Waals surface area contributed by atoms with Gasteiger partial charge in [0.1, 0.15) is 42.5 Å². The molecule has 7 rings (SSSR count). The summed E-state index contributed by atoms with van der Waals surface area (Å²) in [5, 5.41) is 14.7. The Morgan fingerprint density at radius 3 is 2.16 bits per heavy atom. The second-order valence-electron chi connectivity index (χ2n) is 20.6. The number of hydrogen-bond acceptors (Lipinski definition) is 11. The van der Waals surface area contributed by atoms with Crippen molar-refractivity contribution in [2.75, 3.05) is 18.4 Å². The van der Waals surface area contributed by atoms with Crippen LogP contribution in [0.3, 0.4) is 0 Å². The Kier molecular flexibility index (Phi) is 19.8. The van der Waals surface area contributed by atoms with Crippen LogP contribution in [0.2, 0.25) is 0 Å². The molecule has 2 heterocycles. The van der Waals surface area contributed by atoms with Gasteiger partial charge in [-0.1, -0.05) is 103 Å². The van der Waals surface area contributed by atoms with Gasteiger partial charge < -0.3 is 51.5 Å². The number of ether oxygens (including phenoxy) is 3. The van der Waals surface area contributed by atoms with Crippen molar-refractivity contribution in [3.8, 4) is 0 Å². The Bertz CT molecular complexity index is 2860. The summed E-state index contributed by atoms with van der Waals surface area (Å²) in [7, 11) is 0. The first-order valence-corrected chi connectivity index (χ1v) is 26.3. The van der Waals surface area contributed by atoms with Gasteiger partial charge in [-0.2, -0.15) is 0 Å². The number of benzene rings is 4. The van der Waals surface area contributed by atoms with Crippen LogP contribution in [0, 0.1) is 6.92 Å². The molecule has 0 saturated heterocycles. The van der Waals surface area contributed by atoms with Crippen LogP contribution < -0.4 is 32.3 Å². The highest BCUT2D eigenvalue weighted by Crippen LogP contribution is 2.32. The van der Waals surface area contributed by atoms with Crippen LogP contribution in [0.1, 0.15) is 100 Å². The van der Waals surface area contributed by atoms with Crippen molar-refractivity contribution >= 4 is 64.2 Å². The first-order valence-electron chi connectivity index (χ1n) is 26.3. The molecule has 0 spiro atoms. The van der Waals surface area contributed by atoms with E-state index in [0.717, 1.165) is 58.2 Å². The number of hydrogen-bond donors (Lipinski definition) is 7. The molecule has 77 heavy (non-hydrogen) atoms. The number of amides is 5. The molecule has 1 saturated carbocycles. The van der Waals surface area contributed by atoms with Crippen molar-refractivity contribution in [2.45, 2.75) is 141 Å². The molecule has 1 fully saturated rings. The van der Waals surface area contributed by atoms with Crippen LogP contribution in [0.4, 0.5) is 10.5 Å². The number of anilines is 1. The number of nitrogens with zero attached hydrogens (tertiary/aromatic N) is 2. The van der Waals surface area contributed by atoms with E-state index in [2.05, 4.69) is 36.6 Å². The largest absolute Gasteiger partial charge is 0.462 e. The number of nitrogens with one attached hydrogen (secondary N) is 6. The number of carbonyl (C=O) groups is 7. The number of nitrogens with two attached hydrogens (primary N) is 1. The number of aliphatic imine (C=N–C) groups is 1. The number of carbonyl (C=O) groups excluding carboxylic acids is 7. The molecule has 8 N–H and O–H groups in total. The fraction of sp³-hybridized carbons (Fsp3) is 0.414. The number of aromatic nitrogens is 1. The Hall–Kier alpha value is -8.22. The number of para-hydroxylation sites is 1. The van der Waals surface area contributed by atoms with Gasteiger partial charge in [0.25, 0.3) is 0 Å². The van der Waals surface area contributed by atoms with E-state index in [4.69, 9.17) is 19.9 Å². The minimum Gasteiger partial charge on any atom is -0.462 e. The van der Waals surface area contributed by atoms with Crippen molar-refractivity contribution in [1.82, 2.24) is 31.2 Å². The molecule has 4 aromatic carbocycles. The van der Waals surface area contributed by atoms with Gasteiger partial charge in [0.05, 0.1) is 19.5 Å². The van der Waals surface area contributed by atoms with E-state index >= 15 is 0 Å². The van der Waals surface area contributed by atoms with Crippen LogP contribution in [0.5, 0.6) is 0 Å². The van der Waals surface area contributed by atoms with Gasteiger partial charge in [-0.3, -0.25) is 33.9 Å². The molecule has 19 nitrogen and oxygen atoms in total. The lowest BCUT2D eigenvalue weighted by atomic mass is 9.96. The number of esters is 2. The SMILES string of the molecule is Cc1ccc(NC(N)=NCCC[C@H](NC(=O)[C@@H]2Cc3c([nH]c4ccccc34)CN2C(=O)OC(C)(C)C)C(=O)NCC(=O)N[C@@H](CC(=O)OC2CCCCC2)C(=O)N[C@@H](Cc2ccccc2)C(=O)OCc2ccccc2)cc1. The summed E-state index contributed by atoms with van der Waals surface area (Å²) in [5.74, 6) is -4.42. The fourth-order valence-corrected chi connectivity index (χ4v) is 9.28. The van der Waals surface area contributed by atoms with Gasteiger partial charge in [-0.05, 0) is 101 Å². The topological polar surface area (TPSA) is 265 Å². The first-order chi connectivity index (χ1) is 37.0. The summed E-state index contributed by atoms with van der Waals surface area (Å²) in [6.07, 6.45) is 2.89. The maximum absolute atomic E-state index is 14.6. The molecule has 19 heteroatoms. The third-order valence-electron chi connectivity index (χ3n) is 13.2. The number of rotatable bonds is 21. The third kappa shape index (κ3) is 17.1. The molecular formula is C58H71N9O10. The smallest absolute Gasteiger partial charge is 0.411 e. The lowest BCUT2D eigenvalue weighted by Crippen LogP contribution is -2.58. The normalized spacial score (nSPS) is 15.9. The Balaban J connectivity index is 1.07. The van der Waals surface area contributed by atoms with Crippen LogP contribution >= 0.6 is 0 Å². The number of guanidine groups is 1. The van der Waals surface area contributed by atoms with Crippen LogP contribution in [-0.2, 0) is 69.0 Å². The molecular weight excluding hydrogens is 983 g/mol. The fourth-order valence-electron chi connectivity index (χ4n) is 9.28. The van der Waals surface area contributed by atoms with Crippen LogP contribution in [0.25, 0.3) is 10.9 Å². The first kappa shape index (κ1) is 56.5. The zero-order valence-corrected chi connectivity index (χ0v) is 44.2. The molecule has 0 unspecified atom stereocenters. The maximum Gasteiger partial charge on any atom is 0.411 e. The Labute approximate surface area is 448 Å². The minimum absolute atomic E-state index is 0.0270. The quantitative estimate of drug-likeness (QED) is 0.0143. The van der Waals surface area contributed by atoms with Gasteiger partial charge in [0.2, 0.25) is 23.6 Å². The monoisotopic (exact) mass is 1050 g/mol. The third-order valence-corrected chi connectivity index (χ3v) is 13.2. The number of fused-ring (bicyclic) bond motifs is 3. The maximum atomic E-state index is 14.6. The van der Waals surface area contributed by atoms with Gasteiger partial charge >= 0.3 is 18.0 Å². The van der Waals surface area contributed by atoms with E-state index in [0.29, 0.717) is 18.4 Å². The summed E-state index contributed by atoms with van der Waals surface area (Å²) in [5.41, 5.74) is 11.0. The highest BCUT2D eigenvalue weighted by atomic mass is 16.6. The standard InChI is InChI=1S/C58H71N9O10/c1-37-26-28-40(29-27-37)62-56(59)60-30-16-25-45(65-54(72)49-32-43-42-23-14-15-24-44(42)63-48(43)35-67(49)57(74)77-58(2,3)4)52(70)61-34-50(68)64-46(33-51(69)76-41-21-12-7-13-22-41)53(71)66-47(31-38-17-8-5-9-18-38)55(73)75-36-39-19-10-6-11-20-39/h5-6,8-11,14-15,17-20,23-24,26-29,41,45-47,49,63H,7,12-13,16,21-22,25,30-36H2,1-4H3,(H,61,70)(H,64,68)(H,65,72)(H,66,71)(H3,59,60,62)/t45-,46-,47-,49-/m0/s1. The van der Waals surface area contributed by atoms with Crippen LogP contribution in [-0.4, -0.2) is 106 Å². The molecule has 4 atom stereocenters. The van der Waals surface area contributed by atoms with Crippen molar-refractivity contribution in [3.63, 3.8) is 0 Å². The summed E-state index contributed by atoms with van der Waals surface area (Å²) in [6, 6.07) is 28.1. The van der Waals surface area contributed by atoms with E-state index in [9.17, 15) is 33.6 Å². The lowest BCUT2D eigenvalue weighted by Gasteiger charge is -2.36. The molecule has 1 aromatic heterocycles. The Morgan fingerprint density at radius 1 is 0.779 bits per heavy atom. The Morgan fingerprint density at radius 2 is 1.45 bits per heavy atom. The number of aryl methyl sites for hydroxylation is 1. The summed E-state index contributed by atoms with van der Waals surface area (Å²) >= 11 is 0. The molecule has 1 aliphatic carbocycles. The van der Waals surface area contributed by atoms with E-state index in [1.807, 2.05) is 79.7 Å². The average molecular weight is 1050 g/mol. The van der Waals surface area contributed by atoms with Crippen molar-refractivity contribution < 1.29 is 47.8 Å². The van der Waals surface area contributed by atoms with Crippen molar-refractivity contribution in [3.05, 3.63) is 137 Å². The minimum atomic E-state index is -1.54. The summed E-state index contributed by atoms with van der Waals surface area (Å²) < 4.78 is 17.2. The van der Waals surface area contributed by atoms with Gasteiger partial charge in [-0.25, -0.2) is 9.59 Å². The molecule has 408 valence electrons. The van der Waals surface area contributed by atoms with Gasteiger partial charge in [0, 0.05) is 41.7 Å². The van der Waals surface area contributed by atoms with E-state index < -0.39 is 84.4 Å². The number of H-pyrrole nitrogens is 1. The van der Waals surface area contributed by atoms with Gasteiger partial charge in [0.15, 0.2) is 5.96 Å². The van der Waals surface area contributed by atoms with Gasteiger partial charge in [-0.15, -0.1) is 0 Å². The van der Waals surface area contributed by atoms with Crippen molar-refractivity contribution in [1.29, 1.82) is 0 Å². The van der Waals surface area contributed by atoms with E-state index in [1.165, 1.54) is 4.90 Å². The number of aromatic amines is 1. The lowest BCUT2D eigenvalue weighted by molar-refractivity contribution is -0.153. The second-order valence-corrected chi connectivity index (χ2v) is 20.6. The predicted octanol–water partition coefficient (Wildman–Crippen LogP) is 6.17. The summed E-state index contributed by atoms with van der Waals surface area (Å²) in [6.45, 7) is 6.58. The van der Waals surface area contributed by atoms with Crippen LogP contribution in [0.15, 0.2) is 114 Å². The highest BCUT2D eigenvalue weighted by Gasteiger charge is 2.40.